The summed E-state index contributed by atoms with van der Waals surface area (Å²) >= 11 is 0. The summed E-state index contributed by atoms with van der Waals surface area (Å²) in [6.07, 6.45) is 3.72. The van der Waals surface area contributed by atoms with Crippen LogP contribution in [0.15, 0.2) is 0 Å². The first-order valence-corrected chi connectivity index (χ1v) is 6.76. The third-order valence-corrected chi connectivity index (χ3v) is 3.58. The molecule has 17 heavy (non-hydrogen) atoms. The van der Waals surface area contributed by atoms with Crippen molar-refractivity contribution in [2.45, 2.75) is 45.6 Å². The Morgan fingerprint density at radius 1 is 1.47 bits per heavy atom. The summed E-state index contributed by atoms with van der Waals surface area (Å²) in [7, 11) is 0. The Morgan fingerprint density at radius 2 is 2.24 bits per heavy atom. The molecular weight excluding hydrogens is 216 g/mol. The van der Waals surface area contributed by atoms with Crippen LogP contribution in [0.5, 0.6) is 0 Å². The Labute approximate surface area is 104 Å². The number of carbonyl (C=O) groups is 1. The first-order valence-electron chi connectivity index (χ1n) is 6.76. The van der Waals surface area contributed by atoms with Gasteiger partial charge in [0.25, 0.3) is 0 Å². The first kappa shape index (κ1) is 14.5. The van der Waals surface area contributed by atoms with Gasteiger partial charge in [-0.15, -0.1) is 0 Å². The molecule has 4 heteroatoms. The van der Waals surface area contributed by atoms with Gasteiger partial charge in [-0.2, -0.15) is 0 Å². The van der Waals surface area contributed by atoms with Gasteiger partial charge in [0, 0.05) is 31.7 Å². The fourth-order valence-electron chi connectivity index (χ4n) is 2.33. The van der Waals surface area contributed by atoms with E-state index in [1.54, 1.807) is 0 Å². The molecule has 4 nitrogen and oxygen atoms in total. The molecule has 0 aromatic rings. The predicted octanol–water partition coefficient (Wildman–Crippen LogP) is 1.29. The molecule has 1 amide bonds. The van der Waals surface area contributed by atoms with Gasteiger partial charge in [-0.25, -0.2) is 0 Å². The molecule has 1 aliphatic rings. The fraction of sp³-hybridized carbons (Fsp3) is 0.923. The number of nitrogens with one attached hydrogen (secondary N) is 1. The number of amides is 1. The van der Waals surface area contributed by atoms with Crippen molar-refractivity contribution in [1.29, 1.82) is 0 Å². The third kappa shape index (κ3) is 5.04. The number of carbonyl (C=O) groups excluding carboxylic acids is 1. The van der Waals surface area contributed by atoms with Crippen LogP contribution >= 0.6 is 0 Å². The quantitative estimate of drug-likeness (QED) is 0.690. The molecule has 100 valence electrons. The van der Waals surface area contributed by atoms with Crippen LogP contribution in [-0.2, 0) is 9.53 Å². The highest BCUT2D eigenvalue weighted by Gasteiger charge is 2.29. The molecule has 1 aliphatic carbocycles. The van der Waals surface area contributed by atoms with E-state index in [-0.39, 0.29) is 17.9 Å². The maximum absolute atomic E-state index is 11.9. The Balaban J connectivity index is 2.15. The summed E-state index contributed by atoms with van der Waals surface area (Å²) < 4.78 is 5.22. The summed E-state index contributed by atoms with van der Waals surface area (Å²) in [6.45, 7) is 6.30. The zero-order valence-electron chi connectivity index (χ0n) is 11.1. The van der Waals surface area contributed by atoms with Crippen molar-refractivity contribution in [3.8, 4) is 0 Å². The van der Waals surface area contributed by atoms with Crippen molar-refractivity contribution < 1.29 is 9.53 Å². The van der Waals surface area contributed by atoms with Gasteiger partial charge in [0.2, 0.25) is 5.91 Å². The highest BCUT2D eigenvalue weighted by Crippen LogP contribution is 2.27. The van der Waals surface area contributed by atoms with E-state index in [2.05, 4.69) is 12.2 Å². The lowest BCUT2D eigenvalue weighted by Crippen LogP contribution is -2.40. The molecule has 0 aromatic carbocycles. The smallest absolute Gasteiger partial charge is 0.223 e. The molecule has 3 unspecified atom stereocenters. The maximum atomic E-state index is 11.9. The highest BCUT2D eigenvalue weighted by atomic mass is 16.5. The monoisotopic (exact) mass is 242 g/mol. The van der Waals surface area contributed by atoms with Gasteiger partial charge in [-0.3, -0.25) is 4.79 Å². The molecule has 3 atom stereocenters. The largest absolute Gasteiger partial charge is 0.382 e. The van der Waals surface area contributed by atoms with Crippen molar-refractivity contribution in [2.24, 2.45) is 17.6 Å². The number of hydrogen-bond donors (Lipinski definition) is 2. The number of hydrogen-bond acceptors (Lipinski definition) is 3. The Kier molecular flexibility index (Phi) is 6.52. The standard InChI is InChI=1S/C13H26N2O2/c1-3-17-8-4-7-15-13(16)11-5-6-12(14)10(2)9-11/h10-12H,3-9,14H2,1-2H3,(H,15,16). The van der Waals surface area contributed by atoms with Crippen LogP contribution in [-0.4, -0.2) is 31.7 Å². The molecule has 0 radical (unpaired) electrons. The summed E-state index contributed by atoms with van der Waals surface area (Å²) in [4.78, 5) is 11.9. The van der Waals surface area contributed by atoms with E-state index >= 15 is 0 Å². The Morgan fingerprint density at radius 3 is 2.88 bits per heavy atom. The molecule has 0 saturated heterocycles. The van der Waals surface area contributed by atoms with Crippen LogP contribution < -0.4 is 11.1 Å². The molecule has 0 aromatic heterocycles. The van der Waals surface area contributed by atoms with Gasteiger partial charge in [-0.1, -0.05) is 6.92 Å². The van der Waals surface area contributed by atoms with E-state index in [0.29, 0.717) is 5.92 Å². The molecule has 0 spiro atoms. The lowest BCUT2D eigenvalue weighted by Gasteiger charge is -2.31. The van der Waals surface area contributed by atoms with Crippen LogP contribution in [0.25, 0.3) is 0 Å². The Hall–Kier alpha value is -0.610. The van der Waals surface area contributed by atoms with E-state index in [4.69, 9.17) is 10.5 Å². The molecule has 0 bridgehead atoms. The second kappa shape index (κ2) is 7.67. The zero-order valence-corrected chi connectivity index (χ0v) is 11.1. The third-order valence-electron chi connectivity index (χ3n) is 3.58. The molecule has 0 heterocycles. The normalized spacial score (nSPS) is 29.0. The molecule has 0 aliphatic heterocycles. The van der Waals surface area contributed by atoms with E-state index < -0.39 is 0 Å². The van der Waals surface area contributed by atoms with Gasteiger partial charge in [-0.05, 0) is 38.5 Å². The minimum atomic E-state index is 0.164. The van der Waals surface area contributed by atoms with Crippen molar-refractivity contribution in [2.75, 3.05) is 19.8 Å². The second-order valence-electron chi connectivity index (χ2n) is 4.99. The summed E-state index contributed by atoms with van der Waals surface area (Å²) in [5.41, 5.74) is 5.95. The second-order valence-corrected chi connectivity index (χ2v) is 4.99. The molecule has 1 fully saturated rings. The van der Waals surface area contributed by atoms with Crippen LogP contribution in [0.2, 0.25) is 0 Å². The van der Waals surface area contributed by atoms with Crippen molar-refractivity contribution in [3.63, 3.8) is 0 Å². The molecule has 3 N–H and O–H groups in total. The molecular formula is C13H26N2O2. The van der Waals surface area contributed by atoms with Crippen LogP contribution in [0.3, 0.4) is 0 Å². The van der Waals surface area contributed by atoms with E-state index in [1.807, 2.05) is 6.92 Å². The first-order chi connectivity index (χ1) is 8.15. The number of nitrogens with two attached hydrogens (primary N) is 1. The van der Waals surface area contributed by atoms with Gasteiger partial charge in [0.15, 0.2) is 0 Å². The summed E-state index contributed by atoms with van der Waals surface area (Å²) in [5, 5.41) is 2.99. The van der Waals surface area contributed by atoms with E-state index in [0.717, 1.165) is 45.4 Å². The molecule has 1 rings (SSSR count). The number of ether oxygens (including phenoxy) is 1. The van der Waals surface area contributed by atoms with Crippen molar-refractivity contribution >= 4 is 5.91 Å². The topological polar surface area (TPSA) is 64.3 Å². The summed E-state index contributed by atoms with van der Waals surface area (Å²) in [5.74, 6) is 0.820. The number of rotatable bonds is 6. The van der Waals surface area contributed by atoms with E-state index in [9.17, 15) is 4.79 Å². The van der Waals surface area contributed by atoms with Crippen LogP contribution in [0.4, 0.5) is 0 Å². The molecule has 1 saturated carbocycles. The van der Waals surface area contributed by atoms with Gasteiger partial charge < -0.3 is 15.8 Å². The van der Waals surface area contributed by atoms with Gasteiger partial charge in [0.1, 0.15) is 0 Å². The average molecular weight is 242 g/mol. The minimum absolute atomic E-state index is 0.164. The summed E-state index contributed by atoms with van der Waals surface area (Å²) in [6, 6.07) is 0.275. The lowest BCUT2D eigenvalue weighted by atomic mass is 9.79. The van der Waals surface area contributed by atoms with Gasteiger partial charge in [0.05, 0.1) is 0 Å². The maximum Gasteiger partial charge on any atom is 0.223 e. The highest BCUT2D eigenvalue weighted by molar-refractivity contribution is 5.78. The van der Waals surface area contributed by atoms with Crippen LogP contribution in [0.1, 0.15) is 39.5 Å². The van der Waals surface area contributed by atoms with Crippen LogP contribution in [0, 0.1) is 11.8 Å². The zero-order chi connectivity index (χ0) is 12.7. The Bertz CT molecular complexity index is 233. The predicted molar refractivity (Wildman–Crippen MR) is 68.6 cm³/mol. The van der Waals surface area contributed by atoms with Crippen molar-refractivity contribution in [3.05, 3.63) is 0 Å². The SMILES string of the molecule is CCOCCCNC(=O)C1CCC(N)C(C)C1. The van der Waals surface area contributed by atoms with Crippen molar-refractivity contribution in [1.82, 2.24) is 5.32 Å². The fourth-order valence-corrected chi connectivity index (χ4v) is 2.33. The van der Waals surface area contributed by atoms with E-state index in [1.165, 1.54) is 0 Å². The average Bonchev–Trinajstić information content (AvgIpc) is 2.32. The minimum Gasteiger partial charge on any atom is -0.382 e. The van der Waals surface area contributed by atoms with Gasteiger partial charge >= 0.3 is 0 Å². The lowest BCUT2D eigenvalue weighted by molar-refractivity contribution is -0.126.